The van der Waals surface area contributed by atoms with Crippen LogP contribution in [-0.4, -0.2) is 15.5 Å². The zero-order chi connectivity index (χ0) is 20.3. The number of nitrogens with zero attached hydrogens (tertiary/aromatic N) is 2. The van der Waals surface area contributed by atoms with Crippen LogP contribution in [-0.2, 0) is 17.8 Å². The molecule has 0 unspecified atom stereocenters. The molecule has 28 heavy (non-hydrogen) atoms. The van der Waals surface area contributed by atoms with Gasteiger partial charge >= 0.3 is 0 Å². The number of aromatic nitrogens is 2. The number of amides is 1. The van der Waals surface area contributed by atoms with Gasteiger partial charge in [0.1, 0.15) is 24.0 Å². The highest BCUT2D eigenvalue weighted by molar-refractivity contribution is 6.30. The third kappa shape index (κ3) is 4.43. The van der Waals surface area contributed by atoms with Crippen LogP contribution in [0.2, 0.25) is 5.02 Å². The van der Waals surface area contributed by atoms with Crippen LogP contribution in [0.15, 0.2) is 53.3 Å². The van der Waals surface area contributed by atoms with Crippen molar-refractivity contribution in [3.05, 3.63) is 81.2 Å². The summed E-state index contributed by atoms with van der Waals surface area (Å²) in [6.45, 7) is 1.43. The maximum atomic E-state index is 13.8. The van der Waals surface area contributed by atoms with Crippen molar-refractivity contribution in [2.24, 2.45) is 0 Å². The molecule has 5 nitrogen and oxygen atoms in total. The number of carbonyl (C=O) groups excluding carboxylic acids is 1. The van der Waals surface area contributed by atoms with Gasteiger partial charge in [-0.1, -0.05) is 30.7 Å². The van der Waals surface area contributed by atoms with Crippen molar-refractivity contribution in [3.63, 3.8) is 0 Å². The lowest BCUT2D eigenvalue weighted by atomic mass is 10.2. The molecule has 0 spiro atoms. The first-order valence-corrected chi connectivity index (χ1v) is 8.86. The van der Waals surface area contributed by atoms with Crippen LogP contribution in [0.5, 0.6) is 0 Å². The SMILES string of the molecule is CCc1cc(=O)n(CC(=O)Nc2cc(F)ccc2F)c(-c2cccc(Cl)c2)n1. The zero-order valence-corrected chi connectivity index (χ0v) is 15.6. The predicted octanol–water partition coefficient (Wildman–Crippen LogP) is 4.04. The molecule has 1 heterocycles. The number of anilines is 1. The van der Waals surface area contributed by atoms with Gasteiger partial charge in [-0.25, -0.2) is 13.8 Å². The lowest BCUT2D eigenvalue weighted by Crippen LogP contribution is -2.30. The molecule has 1 aromatic heterocycles. The van der Waals surface area contributed by atoms with E-state index in [0.717, 1.165) is 22.8 Å². The van der Waals surface area contributed by atoms with E-state index in [4.69, 9.17) is 11.6 Å². The molecule has 0 bridgehead atoms. The molecule has 0 aliphatic rings. The van der Waals surface area contributed by atoms with Crippen LogP contribution in [0.4, 0.5) is 14.5 Å². The molecule has 3 rings (SSSR count). The standard InChI is InChI=1S/C20H16ClF2N3O2/c1-2-15-10-19(28)26(20(24-15)12-4-3-5-13(21)8-12)11-18(27)25-17-9-14(22)6-7-16(17)23/h3-10H,2,11H2,1H3,(H,25,27). The molecule has 3 aromatic rings. The Hall–Kier alpha value is -3.06. The van der Waals surface area contributed by atoms with Crippen LogP contribution in [0.1, 0.15) is 12.6 Å². The van der Waals surface area contributed by atoms with Gasteiger partial charge in [0.05, 0.1) is 5.69 Å². The average Bonchev–Trinajstić information content (AvgIpc) is 2.66. The van der Waals surface area contributed by atoms with Crippen LogP contribution in [0.3, 0.4) is 0 Å². The van der Waals surface area contributed by atoms with E-state index in [-0.39, 0.29) is 11.5 Å². The van der Waals surface area contributed by atoms with Gasteiger partial charge in [-0.2, -0.15) is 0 Å². The smallest absolute Gasteiger partial charge is 0.254 e. The minimum atomic E-state index is -0.781. The van der Waals surface area contributed by atoms with Gasteiger partial charge in [-0.3, -0.25) is 14.2 Å². The fourth-order valence-corrected chi connectivity index (χ4v) is 2.85. The summed E-state index contributed by atoms with van der Waals surface area (Å²) in [4.78, 5) is 29.4. The first kappa shape index (κ1) is 19.7. The fraction of sp³-hybridized carbons (Fsp3) is 0.150. The summed E-state index contributed by atoms with van der Waals surface area (Å²) in [5, 5.41) is 2.73. The van der Waals surface area contributed by atoms with E-state index in [0.29, 0.717) is 22.7 Å². The Kier molecular flexibility index (Phi) is 5.84. The fourth-order valence-electron chi connectivity index (χ4n) is 2.66. The van der Waals surface area contributed by atoms with Crippen LogP contribution in [0.25, 0.3) is 11.4 Å². The number of hydrogen-bond donors (Lipinski definition) is 1. The van der Waals surface area contributed by atoms with E-state index in [9.17, 15) is 18.4 Å². The van der Waals surface area contributed by atoms with Crippen molar-refractivity contribution >= 4 is 23.2 Å². The van der Waals surface area contributed by atoms with Gasteiger partial charge in [0.25, 0.3) is 5.56 Å². The molecule has 2 aromatic carbocycles. The molecule has 0 saturated carbocycles. The summed E-state index contributed by atoms with van der Waals surface area (Å²) < 4.78 is 28.2. The van der Waals surface area contributed by atoms with E-state index in [1.807, 2.05) is 6.92 Å². The van der Waals surface area contributed by atoms with E-state index < -0.39 is 29.6 Å². The highest BCUT2D eigenvalue weighted by atomic mass is 35.5. The number of aryl methyl sites for hydroxylation is 1. The number of benzene rings is 2. The van der Waals surface area contributed by atoms with E-state index in [1.54, 1.807) is 24.3 Å². The van der Waals surface area contributed by atoms with E-state index >= 15 is 0 Å². The number of rotatable bonds is 5. The molecule has 0 radical (unpaired) electrons. The van der Waals surface area contributed by atoms with Crippen molar-refractivity contribution in [2.45, 2.75) is 19.9 Å². The van der Waals surface area contributed by atoms with Crippen molar-refractivity contribution in [2.75, 3.05) is 5.32 Å². The number of nitrogens with one attached hydrogen (secondary N) is 1. The molecule has 0 fully saturated rings. The van der Waals surface area contributed by atoms with Crippen molar-refractivity contribution in [1.82, 2.24) is 9.55 Å². The largest absolute Gasteiger partial charge is 0.322 e. The van der Waals surface area contributed by atoms with Crippen molar-refractivity contribution < 1.29 is 13.6 Å². The highest BCUT2D eigenvalue weighted by Crippen LogP contribution is 2.21. The minimum Gasteiger partial charge on any atom is -0.322 e. The Morgan fingerprint density at radius 3 is 2.68 bits per heavy atom. The molecule has 1 amide bonds. The molecular weight excluding hydrogens is 388 g/mol. The Morgan fingerprint density at radius 1 is 1.18 bits per heavy atom. The highest BCUT2D eigenvalue weighted by Gasteiger charge is 2.15. The molecule has 144 valence electrons. The van der Waals surface area contributed by atoms with Crippen LogP contribution in [0, 0.1) is 11.6 Å². The molecular formula is C20H16ClF2N3O2. The summed E-state index contributed by atoms with van der Waals surface area (Å²) in [6.07, 6.45) is 0.532. The van der Waals surface area contributed by atoms with E-state index in [1.165, 1.54) is 6.07 Å². The zero-order valence-electron chi connectivity index (χ0n) is 14.9. The Bertz CT molecular complexity index is 1100. The topological polar surface area (TPSA) is 64.0 Å². The van der Waals surface area contributed by atoms with Gasteiger partial charge in [0, 0.05) is 28.4 Å². The molecule has 8 heteroatoms. The van der Waals surface area contributed by atoms with Crippen LogP contribution < -0.4 is 10.9 Å². The average molecular weight is 404 g/mol. The first-order chi connectivity index (χ1) is 13.4. The molecule has 1 N–H and O–H groups in total. The first-order valence-electron chi connectivity index (χ1n) is 8.49. The molecule has 0 aliphatic carbocycles. The van der Waals surface area contributed by atoms with Crippen molar-refractivity contribution in [3.8, 4) is 11.4 Å². The maximum Gasteiger partial charge on any atom is 0.254 e. The van der Waals surface area contributed by atoms with Gasteiger partial charge in [-0.15, -0.1) is 0 Å². The summed E-state index contributed by atoms with van der Waals surface area (Å²) >= 11 is 6.03. The molecule has 0 aliphatic heterocycles. The van der Waals surface area contributed by atoms with E-state index in [2.05, 4.69) is 10.3 Å². The quantitative estimate of drug-likeness (QED) is 0.699. The normalized spacial score (nSPS) is 10.7. The molecule has 0 saturated heterocycles. The van der Waals surface area contributed by atoms with Gasteiger partial charge in [0.2, 0.25) is 5.91 Å². The summed E-state index contributed by atoms with van der Waals surface area (Å²) in [6, 6.07) is 10.8. The van der Waals surface area contributed by atoms with Gasteiger partial charge < -0.3 is 5.32 Å². The van der Waals surface area contributed by atoms with Gasteiger partial charge in [-0.05, 0) is 30.7 Å². The Labute approximate surface area is 164 Å². The lowest BCUT2D eigenvalue weighted by Gasteiger charge is -2.14. The second-order valence-electron chi connectivity index (χ2n) is 6.03. The van der Waals surface area contributed by atoms with Gasteiger partial charge in [0.15, 0.2) is 0 Å². The number of halogens is 3. The van der Waals surface area contributed by atoms with Crippen LogP contribution >= 0.6 is 11.6 Å². The third-order valence-corrected chi connectivity index (χ3v) is 4.25. The Morgan fingerprint density at radius 2 is 1.96 bits per heavy atom. The minimum absolute atomic E-state index is 0.265. The molecule has 0 atom stereocenters. The van der Waals surface area contributed by atoms with Crippen molar-refractivity contribution in [1.29, 1.82) is 0 Å². The Balaban J connectivity index is 1.98. The summed E-state index contributed by atoms with van der Waals surface area (Å²) in [5.74, 6) is -1.90. The summed E-state index contributed by atoms with van der Waals surface area (Å²) in [7, 11) is 0. The predicted molar refractivity (Wildman–Crippen MR) is 103 cm³/mol. The lowest BCUT2D eigenvalue weighted by molar-refractivity contribution is -0.116. The third-order valence-electron chi connectivity index (χ3n) is 4.01. The number of hydrogen-bond acceptors (Lipinski definition) is 3. The second-order valence-corrected chi connectivity index (χ2v) is 6.47. The number of carbonyl (C=O) groups is 1. The maximum absolute atomic E-state index is 13.8. The summed E-state index contributed by atoms with van der Waals surface area (Å²) in [5.41, 5.74) is 0.384. The monoisotopic (exact) mass is 403 g/mol. The second kappa shape index (κ2) is 8.31.